The number of benzene rings is 1. The number of carbonyl (C=O) groups excluding carboxylic acids is 1. The molecular formula is C11H10N2O4S. The highest BCUT2D eigenvalue weighted by atomic mass is 32.1. The van der Waals surface area contributed by atoms with E-state index in [9.17, 15) is 14.9 Å². The average molecular weight is 266 g/mol. The molecule has 1 aromatic carbocycles. The second-order valence-electron chi connectivity index (χ2n) is 3.66. The normalized spacial score (nSPS) is 10.5. The van der Waals surface area contributed by atoms with Gasteiger partial charge in [0, 0.05) is 30.9 Å². The highest BCUT2D eigenvalue weighted by Gasteiger charge is 2.12. The minimum Gasteiger partial charge on any atom is -0.465 e. The van der Waals surface area contributed by atoms with E-state index in [1.165, 1.54) is 30.6 Å². The largest absolute Gasteiger partial charge is 0.465 e. The van der Waals surface area contributed by atoms with Gasteiger partial charge in [-0.05, 0) is 17.6 Å². The first-order valence-corrected chi connectivity index (χ1v) is 6.01. The van der Waals surface area contributed by atoms with Crippen LogP contribution in [0.15, 0.2) is 18.2 Å². The molecule has 2 rings (SSSR count). The molecule has 0 amide bonds. The van der Waals surface area contributed by atoms with Crippen molar-refractivity contribution < 1.29 is 14.5 Å². The second kappa shape index (κ2) is 5.09. The third-order valence-electron chi connectivity index (χ3n) is 2.38. The molecule has 0 saturated carbocycles. The quantitative estimate of drug-likeness (QED) is 0.481. The molecular weight excluding hydrogens is 256 g/mol. The van der Waals surface area contributed by atoms with Crippen LogP contribution in [0.2, 0.25) is 0 Å². The number of carbonyl (C=O) groups is 1. The number of nitro benzene ring substituents is 1. The van der Waals surface area contributed by atoms with E-state index in [4.69, 9.17) is 4.74 Å². The Balaban J connectivity index is 2.25. The van der Waals surface area contributed by atoms with Gasteiger partial charge in [-0.2, -0.15) is 4.37 Å². The van der Waals surface area contributed by atoms with Crippen molar-refractivity contribution in [1.29, 1.82) is 0 Å². The summed E-state index contributed by atoms with van der Waals surface area (Å²) in [5.41, 5.74) is 0.761. The summed E-state index contributed by atoms with van der Waals surface area (Å²) >= 11 is 1.28. The molecule has 6 nitrogen and oxygen atoms in total. The van der Waals surface area contributed by atoms with E-state index < -0.39 is 4.92 Å². The average Bonchev–Trinajstić information content (AvgIpc) is 2.71. The first-order valence-electron chi connectivity index (χ1n) is 5.24. The van der Waals surface area contributed by atoms with Gasteiger partial charge < -0.3 is 4.74 Å². The number of nitro groups is 1. The number of nitrogens with zero attached hydrogens (tertiary/aromatic N) is 2. The summed E-state index contributed by atoms with van der Waals surface area (Å²) < 4.78 is 9.94. The zero-order valence-electron chi connectivity index (χ0n) is 9.58. The number of fused-ring (bicyclic) bond motifs is 1. The predicted molar refractivity (Wildman–Crippen MR) is 66.6 cm³/mol. The molecule has 0 aliphatic rings. The fourth-order valence-corrected chi connectivity index (χ4v) is 2.36. The summed E-state index contributed by atoms with van der Waals surface area (Å²) in [4.78, 5) is 20.9. The SMILES string of the molecule is CC(=O)OCCc1nsc2ccc([N+](=O)[O-])cc12. The van der Waals surface area contributed by atoms with Crippen molar-refractivity contribution in [2.45, 2.75) is 13.3 Å². The van der Waals surface area contributed by atoms with Gasteiger partial charge in [-0.1, -0.05) is 0 Å². The molecule has 0 saturated heterocycles. The number of non-ortho nitro benzene ring substituents is 1. The van der Waals surface area contributed by atoms with Crippen molar-refractivity contribution >= 4 is 33.3 Å². The molecule has 0 N–H and O–H groups in total. The Labute approximate surface area is 107 Å². The Morgan fingerprint density at radius 2 is 2.33 bits per heavy atom. The van der Waals surface area contributed by atoms with Gasteiger partial charge in [-0.25, -0.2) is 0 Å². The van der Waals surface area contributed by atoms with Crippen LogP contribution >= 0.6 is 11.5 Å². The van der Waals surface area contributed by atoms with Crippen LogP contribution in [-0.2, 0) is 16.0 Å². The van der Waals surface area contributed by atoms with Gasteiger partial charge in [0.05, 0.1) is 21.9 Å². The van der Waals surface area contributed by atoms with Crippen LogP contribution in [0, 0.1) is 10.1 Å². The highest BCUT2D eigenvalue weighted by molar-refractivity contribution is 7.13. The minimum atomic E-state index is -0.438. The van der Waals surface area contributed by atoms with Gasteiger partial charge in [0.2, 0.25) is 0 Å². The number of hydrogen-bond acceptors (Lipinski definition) is 6. The standard InChI is InChI=1S/C11H10N2O4S/c1-7(14)17-5-4-10-9-6-8(13(15)16)2-3-11(9)18-12-10/h2-3,6H,4-5H2,1H3. The van der Waals surface area contributed by atoms with Crippen molar-refractivity contribution in [3.63, 3.8) is 0 Å². The predicted octanol–water partition coefficient (Wildman–Crippen LogP) is 2.31. The molecule has 0 atom stereocenters. The topological polar surface area (TPSA) is 82.3 Å². The lowest BCUT2D eigenvalue weighted by Crippen LogP contribution is -2.03. The molecule has 0 bridgehead atoms. The fourth-order valence-electron chi connectivity index (χ4n) is 1.56. The highest BCUT2D eigenvalue weighted by Crippen LogP contribution is 2.27. The van der Waals surface area contributed by atoms with Crippen LogP contribution in [-0.4, -0.2) is 21.9 Å². The third kappa shape index (κ3) is 2.62. The van der Waals surface area contributed by atoms with Crippen molar-refractivity contribution in [1.82, 2.24) is 4.37 Å². The fraction of sp³-hybridized carbons (Fsp3) is 0.273. The van der Waals surface area contributed by atoms with E-state index in [2.05, 4.69) is 4.37 Å². The molecule has 1 aromatic heterocycles. The minimum absolute atomic E-state index is 0.0384. The number of ether oxygens (including phenoxy) is 1. The van der Waals surface area contributed by atoms with Gasteiger partial charge in [0.25, 0.3) is 5.69 Å². The smallest absolute Gasteiger partial charge is 0.302 e. The number of aromatic nitrogens is 1. The van der Waals surface area contributed by atoms with Crippen LogP contribution < -0.4 is 0 Å². The summed E-state index contributed by atoms with van der Waals surface area (Å²) in [6, 6.07) is 4.64. The second-order valence-corrected chi connectivity index (χ2v) is 4.46. The Bertz CT molecular complexity index is 608. The third-order valence-corrected chi connectivity index (χ3v) is 3.25. The number of esters is 1. The molecule has 0 radical (unpaired) electrons. The first kappa shape index (κ1) is 12.4. The molecule has 0 spiro atoms. The van der Waals surface area contributed by atoms with E-state index >= 15 is 0 Å². The Hall–Kier alpha value is -2.02. The van der Waals surface area contributed by atoms with E-state index in [-0.39, 0.29) is 18.3 Å². The van der Waals surface area contributed by atoms with Crippen LogP contribution in [0.5, 0.6) is 0 Å². The lowest BCUT2D eigenvalue weighted by molar-refractivity contribution is -0.384. The van der Waals surface area contributed by atoms with Gasteiger partial charge in [0.1, 0.15) is 0 Å². The lowest BCUT2D eigenvalue weighted by atomic mass is 10.1. The zero-order valence-corrected chi connectivity index (χ0v) is 10.4. The van der Waals surface area contributed by atoms with E-state index in [1.54, 1.807) is 6.07 Å². The summed E-state index contributed by atoms with van der Waals surface area (Å²) in [6.07, 6.45) is 0.459. The first-order chi connectivity index (χ1) is 8.58. The van der Waals surface area contributed by atoms with Crippen LogP contribution in [0.4, 0.5) is 5.69 Å². The Morgan fingerprint density at radius 1 is 1.56 bits per heavy atom. The van der Waals surface area contributed by atoms with Crippen LogP contribution in [0.3, 0.4) is 0 Å². The molecule has 94 valence electrons. The Kier molecular flexibility index (Phi) is 3.52. The molecule has 0 aliphatic heterocycles. The maximum Gasteiger partial charge on any atom is 0.302 e. The summed E-state index contributed by atoms with van der Waals surface area (Å²) in [5, 5.41) is 11.5. The molecule has 2 aromatic rings. The number of hydrogen-bond donors (Lipinski definition) is 0. The number of rotatable bonds is 4. The maximum atomic E-state index is 10.7. The van der Waals surface area contributed by atoms with Crippen molar-refractivity contribution in [2.24, 2.45) is 0 Å². The zero-order chi connectivity index (χ0) is 13.1. The van der Waals surface area contributed by atoms with Crippen molar-refractivity contribution in [2.75, 3.05) is 6.61 Å². The summed E-state index contributed by atoms with van der Waals surface area (Å²) in [7, 11) is 0. The molecule has 0 aliphatic carbocycles. The molecule has 1 heterocycles. The van der Waals surface area contributed by atoms with Gasteiger partial charge >= 0.3 is 5.97 Å². The lowest BCUT2D eigenvalue weighted by Gasteiger charge is -1.99. The van der Waals surface area contributed by atoms with E-state index in [1.807, 2.05) is 0 Å². The summed E-state index contributed by atoms with van der Waals surface area (Å²) in [6.45, 7) is 1.57. The van der Waals surface area contributed by atoms with E-state index in [0.29, 0.717) is 6.42 Å². The van der Waals surface area contributed by atoms with Gasteiger partial charge in [0.15, 0.2) is 0 Å². The molecule has 0 unspecified atom stereocenters. The van der Waals surface area contributed by atoms with Crippen LogP contribution in [0.25, 0.3) is 10.1 Å². The monoisotopic (exact) mass is 266 g/mol. The van der Waals surface area contributed by atoms with Gasteiger partial charge in [-0.3, -0.25) is 14.9 Å². The molecule has 0 fully saturated rings. The Morgan fingerprint density at radius 3 is 3.00 bits per heavy atom. The molecule has 7 heteroatoms. The van der Waals surface area contributed by atoms with Crippen molar-refractivity contribution in [3.8, 4) is 0 Å². The van der Waals surface area contributed by atoms with Gasteiger partial charge in [-0.15, -0.1) is 0 Å². The maximum absolute atomic E-state index is 10.7. The van der Waals surface area contributed by atoms with Crippen LogP contribution in [0.1, 0.15) is 12.6 Å². The molecule has 18 heavy (non-hydrogen) atoms. The summed E-state index contributed by atoms with van der Waals surface area (Å²) in [5.74, 6) is -0.347. The van der Waals surface area contributed by atoms with Crippen molar-refractivity contribution in [3.05, 3.63) is 34.0 Å². The van der Waals surface area contributed by atoms with E-state index in [0.717, 1.165) is 15.8 Å².